The lowest BCUT2D eigenvalue weighted by Crippen LogP contribution is -2.30. The predicted molar refractivity (Wildman–Crippen MR) is 76.1 cm³/mol. The standard InChI is InChI=1S/C11H15F3N2.C4H8O/c1-3-9-5-4-6-10(15-9)7-16(2)8-11(12,13)14;1-2-4-5-3-1/h4-6H,3,7-8H2,1-2H3;1-4H2. The van der Waals surface area contributed by atoms with Gasteiger partial charge in [0.2, 0.25) is 0 Å². The summed E-state index contributed by atoms with van der Waals surface area (Å²) in [5.74, 6) is 0. The summed E-state index contributed by atoms with van der Waals surface area (Å²) in [4.78, 5) is 5.46. The van der Waals surface area contributed by atoms with Gasteiger partial charge in [0.15, 0.2) is 0 Å². The van der Waals surface area contributed by atoms with E-state index in [0.717, 1.165) is 25.3 Å². The molecule has 3 nitrogen and oxygen atoms in total. The SMILES string of the molecule is C1CCOC1.CCc1cccc(CN(C)CC(F)(F)F)n1. The van der Waals surface area contributed by atoms with Crippen molar-refractivity contribution in [3.8, 4) is 0 Å². The average Bonchev–Trinajstić information content (AvgIpc) is 2.95. The fourth-order valence-electron chi connectivity index (χ4n) is 1.96. The fraction of sp³-hybridized carbons (Fsp3) is 0.667. The van der Waals surface area contributed by atoms with E-state index in [4.69, 9.17) is 4.74 Å². The predicted octanol–water partition coefficient (Wildman–Crippen LogP) is 3.43. The largest absolute Gasteiger partial charge is 0.401 e. The fourth-order valence-corrected chi connectivity index (χ4v) is 1.96. The first kappa shape index (κ1) is 17.9. The number of rotatable bonds is 4. The van der Waals surface area contributed by atoms with Gasteiger partial charge in [-0.1, -0.05) is 13.0 Å². The molecule has 2 heterocycles. The molecule has 0 saturated carbocycles. The minimum Gasteiger partial charge on any atom is -0.381 e. The van der Waals surface area contributed by atoms with Crippen molar-refractivity contribution in [3.05, 3.63) is 29.6 Å². The minimum absolute atomic E-state index is 0.216. The van der Waals surface area contributed by atoms with Crippen molar-refractivity contribution in [2.45, 2.75) is 38.9 Å². The first-order valence-corrected chi connectivity index (χ1v) is 7.18. The monoisotopic (exact) mass is 304 g/mol. The van der Waals surface area contributed by atoms with E-state index in [2.05, 4.69) is 4.98 Å². The maximum Gasteiger partial charge on any atom is 0.401 e. The van der Waals surface area contributed by atoms with Crippen molar-refractivity contribution in [1.82, 2.24) is 9.88 Å². The second kappa shape index (κ2) is 9.00. The summed E-state index contributed by atoms with van der Waals surface area (Å²) in [6.45, 7) is 3.27. The van der Waals surface area contributed by atoms with E-state index >= 15 is 0 Å². The Morgan fingerprint density at radius 3 is 2.29 bits per heavy atom. The normalized spacial score (nSPS) is 15.0. The van der Waals surface area contributed by atoms with Crippen LogP contribution in [0.2, 0.25) is 0 Å². The van der Waals surface area contributed by atoms with Gasteiger partial charge in [0.1, 0.15) is 0 Å². The minimum atomic E-state index is -4.16. The number of alkyl halides is 3. The molecule has 1 aromatic heterocycles. The topological polar surface area (TPSA) is 25.4 Å². The zero-order chi connectivity index (χ0) is 15.7. The highest BCUT2D eigenvalue weighted by Gasteiger charge is 2.29. The second-order valence-electron chi connectivity index (χ2n) is 5.08. The zero-order valence-electron chi connectivity index (χ0n) is 12.6. The van der Waals surface area contributed by atoms with Gasteiger partial charge in [0.05, 0.1) is 12.2 Å². The van der Waals surface area contributed by atoms with Crippen LogP contribution in [0.15, 0.2) is 18.2 Å². The molecule has 0 unspecified atom stereocenters. The van der Waals surface area contributed by atoms with Crippen LogP contribution in [0.5, 0.6) is 0 Å². The van der Waals surface area contributed by atoms with E-state index in [9.17, 15) is 13.2 Å². The van der Waals surface area contributed by atoms with Gasteiger partial charge in [0.25, 0.3) is 0 Å². The van der Waals surface area contributed by atoms with Crippen LogP contribution in [0.1, 0.15) is 31.2 Å². The number of ether oxygens (including phenoxy) is 1. The molecule has 120 valence electrons. The molecule has 0 spiro atoms. The Hall–Kier alpha value is -1.14. The number of aromatic nitrogens is 1. The number of aryl methyl sites for hydroxylation is 1. The molecule has 1 aliphatic heterocycles. The molecular formula is C15H23F3N2O. The van der Waals surface area contributed by atoms with Crippen LogP contribution in [0.4, 0.5) is 13.2 Å². The first-order valence-electron chi connectivity index (χ1n) is 7.18. The van der Waals surface area contributed by atoms with Gasteiger partial charge < -0.3 is 4.74 Å². The second-order valence-corrected chi connectivity index (χ2v) is 5.08. The molecule has 0 aliphatic carbocycles. The van der Waals surface area contributed by atoms with Crippen molar-refractivity contribution in [2.75, 3.05) is 26.8 Å². The van der Waals surface area contributed by atoms with E-state index in [1.807, 2.05) is 19.1 Å². The highest BCUT2D eigenvalue weighted by molar-refractivity contribution is 5.11. The van der Waals surface area contributed by atoms with E-state index < -0.39 is 12.7 Å². The Bertz CT molecular complexity index is 399. The molecule has 0 radical (unpaired) electrons. The lowest BCUT2D eigenvalue weighted by molar-refractivity contribution is -0.144. The molecule has 0 bridgehead atoms. The Labute approximate surface area is 124 Å². The Morgan fingerprint density at radius 2 is 1.81 bits per heavy atom. The average molecular weight is 304 g/mol. The van der Waals surface area contributed by atoms with E-state index in [0.29, 0.717) is 5.69 Å². The van der Waals surface area contributed by atoms with Gasteiger partial charge in [-0.25, -0.2) is 0 Å². The molecule has 6 heteroatoms. The van der Waals surface area contributed by atoms with Gasteiger partial charge >= 0.3 is 6.18 Å². The zero-order valence-corrected chi connectivity index (χ0v) is 12.6. The number of hydrogen-bond donors (Lipinski definition) is 0. The summed E-state index contributed by atoms with van der Waals surface area (Å²) in [6.07, 6.45) is -0.812. The molecule has 1 aromatic rings. The Balaban J connectivity index is 0.000000369. The van der Waals surface area contributed by atoms with Gasteiger partial charge in [0, 0.05) is 25.5 Å². The molecular weight excluding hydrogens is 281 g/mol. The van der Waals surface area contributed by atoms with Gasteiger partial charge in [-0.05, 0) is 38.4 Å². The number of pyridine rings is 1. The molecule has 21 heavy (non-hydrogen) atoms. The van der Waals surface area contributed by atoms with Crippen LogP contribution in [0.25, 0.3) is 0 Å². The summed E-state index contributed by atoms with van der Waals surface area (Å²) in [7, 11) is 1.44. The van der Waals surface area contributed by atoms with Crippen LogP contribution in [-0.2, 0) is 17.7 Å². The van der Waals surface area contributed by atoms with E-state index in [1.165, 1.54) is 24.8 Å². The molecule has 1 fully saturated rings. The quantitative estimate of drug-likeness (QED) is 0.852. The molecule has 2 rings (SSSR count). The van der Waals surface area contributed by atoms with Gasteiger partial charge in [-0.2, -0.15) is 13.2 Å². The van der Waals surface area contributed by atoms with Crippen molar-refractivity contribution < 1.29 is 17.9 Å². The third-order valence-electron chi connectivity index (χ3n) is 2.94. The summed E-state index contributed by atoms with van der Waals surface area (Å²) >= 11 is 0. The molecule has 0 amide bonds. The lowest BCUT2D eigenvalue weighted by Gasteiger charge is -2.18. The molecule has 1 aliphatic rings. The maximum atomic E-state index is 12.1. The summed E-state index contributed by atoms with van der Waals surface area (Å²) in [5, 5.41) is 0. The number of halogens is 3. The number of hydrogen-bond acceptors (Lipinski definition) is 3. The smallest absolute Gasteiger partial charge is 0.381 e. The molecule has 0 N–H and O–H groups in total. The van der Waals surface area contributed by atoms with Crippen molar-refractivity contribution in [2.24, 2.45) is 0 Å². The van der Waals surface area contributed by atoms with Crippen molar-refractivity contribution in [1.29, 1.82) is 0 Å². The van der Waals surface area contributed by atoms with Gasteiger partial charge in [-0.15, -0.1) is 0 Å². The highest BCUT2D eigenvalue weighted by Crippen LogP contribution is 2.16. The van der Waals surface area contributed by atoms with E-state index in [-0.39, 0.29) is 6.54 Å². The van der Waals surface area contributed by atoms with Crippen molar-refractivity contribution >= 4 is 0 Å². The number of nitrogens with zero attached hydrogens (tertiary/aromatic N) is 2. The van der Waals surface area contributed by atoms with Gasteiger partial charge in [-0.3, -0.25) is 9.88 Å². The van der Waals surface area contributed by atoms with Crippen LogP contribution >= 0.6 is 0 Å². The summed E-state index contributed by atoms with van der Waals surface area (Å²) < 4.78 is 41.2. The van der Waals surface area contributed by atoms with Crippen LogP contribution < -0.4 is 0 Å². The first-order chi connectivity index (χ1) is 9.90. The third-order valence-corrected chi connectivity index (χ3v) is 2.94. The summed E-state index contributed by atoms with van der Waals surface area (Å²) in [5.41, 5.74) is 1.57. The van der Waals surface area contributed by atoms with Crippen LogP contribution in [-0.4, -0.2) is 42.9 Å². The van der Waals surface area contributed by atoms with E-state index in [1.54, 1.807) is 6.07 Å². The Kier molecular flexibility index (Phi) is 7.67. The lowest BCUT2D eigenvalue weighted by atomic mass is 10.2. The molecule has 0 atom stereocenters. The molecule has 0 aromatic carbocycles. The molecule has 1 saturated heterocycles. The maximum absolute atomic E-state index is 12.1. The highest BCUT2D eigenvalue weighted by atomic mass is 19.4. The van der Waals surface area contributed by atoms with Crippen LogP contribution in [0, 0.1) is 0 Å². The Morgan fingerprint density at radius 1 is 1.19 bits per heavy atom. The van der Waals surface area contributed by atoms with Crippen molar-refractivity contribution in [3.63, 3.8) is 0 Å². The summed E-state index contributed by atoms with van der Waals surface area (Å²) in [6, 6.07) is 5.43. The van der Waals surface area contributed by atoms with Crippen LogP contribution in [0.3, 0.4) is 0 Å². The third kappa shape index (κ3) is 8.67.